The first-order valence-corrected chi connectivity index (χ1v) is 6.79. The molecule has 2 aromatic heterocycles. The zero-order valence-electron chi connectivity index (χ0n) is 11.8. The molecular formula is C15H15N3O3. The van der Waals surface area contributed by atoms with E-state index in [1.165, 1.54) is 6.26 Å². The summed E-state index contributed by atoms with van der Waals surface area (Å²) in [7, 11) is 0. The van der Waals surface area contributed by atoms with E-state index in [9.17, 15) is 4.79 Å². The van der Waals surface area contributed by atoms with Gasteiger partial charge in [0.05, 0.1) is 5.39 Å². The number of carbonyl (C=O) groups excluding carboxylic acids is 1. The van der Waals surface area contributed by atoms with Crippen LogP contribution >= 0.6 is 0 Å². The summed E-state index contributed by atoms with van der Waals surface area (Å²) in [6.45, 7) is 4.42. The van der Waals surface area contributed by atoms with E-state index < -0.39 is 0 Å². The number of rotatable bonds is 4. The molecule has 0 bridgehead atoms. The predicted molar refractivity (Wildman–Crippen MR) is 76.9 cm³/mol. The Morgan fingerprint density at radius 2 is 2.24 bits per heavy atom. The van der Waals surface area contributed by atoms with Crippen LogP contribution in [0.3, 0.4) is 0 Å². The summed E-state index contributed by atoms with van der Waals surface area (Å²) in [5.74, 6) is 0.445. The molecule has 1 amide bonds. The van der Waals surface area contributed by atoms with Crippen LogP contribution in [0.5, 0.6) is 0 Å². The lowest BCUT2D eigenvalue weighted by Gasteiger charge is -2.03. The maximum absolute atomic E-state index is 12.0. The van der Waals surface area contributed by atoms with Gasteiger partial charge in [-0.15, -0.1) is 0 Å². The summed E-state index contributed by atoms with van der Waals surface area (Å²) < 4.78 is 10.5. The molecule has 1 N–H and O–H groups in total. The molecule has 0 spiro atoms. The Kier molecular flexibility index (Phi) is 3.43. The molecule has 0 unspecified atom stereocenters. The maximum Gasteiger partial charge on any atom is 0.251 e. The number of nitrogens with one attached hydrogen (secondary N) is 1. The zero-order valence-corrected chi connectivity index (χ0v) is 11.8. The molecule has 0 aliphatic rings. The molecular weight excluding hydrogens is 270 g/mol. The summed E-state index contributed by atoms with van der Waals surface area (Å²) in [6, 6.07) is 5.21. The minimum Gasteiger partial charge on any atom is -0.449 e. The number of nitrogens with zero attached hydrogens (tertiary/aromatic N) is 2. The first kappa shape index (κ1) is 13.4. The molecule has 3 rings (SSSR count). The van der Waals surface area contributed by atoms with Crippen LogP contribution in [0.2, 0.25) is 0 Å². The summed E-state index contributed by atoms with van der Waals surface area (Å²) in [6.07, 6.45) is 2.42. The Morgan fingerprint density at radius 1 is 1.38 bits per heavy atom. The lowest BCUT2D eigenvalue weighted by molar-refractivity contribution is 0.0954. The summed E-state index contributed by atoms with van der Waals surface area (Å²) in [4.78, 5) is 16.3. The van der Waals surface area contributed by atoms with Crippen LogP contribution in [0.4, 0.5) is 0 Å². The zero-order chi connectivity index (χ0) is 14.8. The van der Waals surface area contributed by atoms with Gasteiger partial charge in [0.25, 0.3) is 5.91 Å². The average Bonchev–Trinajstić information content (AvgIpc) is 3.09. The molecule has 108 valence electrons. The third-order valence-electron chi connectivity index (χ3n) is 3.13. The van der Waals surface area contributed by atoms with E-state index in [0.717, 1.165) is 11.8 Å². The molecule has 0 radical (unpaired) electrons. The normalized spacial score (nSPS) is 11.0. The minimum atomic E-state index is -0.109. The van der Waals surface area contributed by atoms with Crippen molar-refractivity contribution in [2.75, 3.05) is 6.54 Å². The van der Waals surface area contributed by atoms with Crippen molar-refractivity contribution >= 4 is 16.9 Å². The molecule has 1 aromatic carbocycles. The molecule has 0 fully saturated rings. The number of hydrogen-bond donors (Lipinski definition) is 1. The summed E-state index contributed by atoms with van der Waals surface area (Å²) in [5, 5.41) is 7.60. The largest absolute Gasteiger partial charge is 0.449 e. The molecule has 0 aliphatic carbocycles. The van der Waals surface area contributed by atoms with Gasteiger partial charge in [-0.3, -0.25) is 4.79 Å². The maximum atomic E-state index is 12.0. The van der Waals surface area contributed by atoms with Gasteiger partial charge in [-0.1, -0.05) is 12.1 Å². The van der Waals surface area contributed by atoms with E-state index in [0.29, 0.717) is 35.0 Å². The number of fused-ring (bicyclic) bond motifs is 1. The molecule has 0 atom stereocenters. The van der Waals surface area contributed by atoms with Crippen LogP contribution < -0.4 is 5.32 Å². The number of hydrogen-bond acceptors (Lipinski definition) is 5. The van der Waals surface area contributed by atoms with Gasteiger partial charge < -0.3 is 14.3 Å². The molecule has 6 nitrogen and oxygen atoms in total. The van der Waals surface area contributed by atoms with E-state index in [4.69, 9.17) is 8.94 Å². The topological polar surface area (TPSA) is 81.2 Å². The van der Waals surface area contributed by atoms with Gasteiger partial charge in [0.1, 0.15) is 17.7 Å². The van der Waals surface area contributed by atoms with Crippen molar-refractivity contribution < 1.29 is 13.7 Å². The monoisotopic (exact) mass is 285 g/mol. The Bertz CT molecular complexity index is 788. The highest BCUT2D eigenvalue weighted by Gasteiger charge is 2.16. The summed E-state index contributed by atoms with van der Waals surface area (Å²) >= 11 is 0. The second-order valence-electron chi connectivity index (χ2n) is 4.75. The quantitative estimate of drug-likeness (QED) is 0.797. The predicted octanol–water partition coefficient (Wildman–Crippen LogP) is 2.93. The van der Waals surface area contributed by atoms with Gasteiger partial charge in [-0.2, -0.15) is 0 Å². The molecule has 0 saturated heterocycles. The van der Waals surface area contributed by atoms with Gasteiger partial charge >= 0.3 is 0 Å². The van der Waals surface area contributed by atoms with Gasteiger partial charge in [0.15, 0.2) is 11.5 Å². The van der Waals surface area contributed by atoms with E-state index >= 15 is 0 Å². The third kappa shape index (κ3) is 2.52. The Balaban J connectivity index is 2.02. The van der Waals surface area contributed by atoms with Gasteiger partial charge in [0, 0.05) is 19.0 Å². The Hall–Kier alpha value is -2.63. The first-order valence-electron chi connectivity index (χ1n) is 6.79. The van der Waals surface area contributed by atoms with Crippen LogP contribution in [-0.4, -0.2) is 22.6 Å². The smallest absolute Gasteiger partial charge is 0.251 e. The number of oxazole rings is 1. The average molecular weight is 285 g/mol. The van der Waals surface area contributed by atoms with Crippen molar-refractivity contribution in [2.24, 2.45) is 0 Å². The highest BCUT2D eigenvalue weighted by atomic mass is 16.5. The molecule has 0 aliphatic heterocycles. The highest BCUT2D eigenvalue weighted by molar-refractivity contribution is 6.00. The van der Waals surface area contributed by atoms with Crippen molar-refractivity contribution in [2.45, 2.75) is 20.3 Å². The standard InChI is InChI=1S/C15H15N3O3/c1-3-6-16-15(19)10-4-5-13-11(7-10)14(18-21-13)12-8-20-9(2)17-12/h4-5,7-8H,3,6H2,1-2H3,(H,16,19). The fourth-order valence-corrected chi connectivity index (χ4v) is 2.08. The molecule has 21 heavy (non-hydrogen) atoms. The van der Waals surface area contributed by atoms with Crippen LogP contribution in [0.1, 0.15) is 29.6 Å². The number of benzene rings is 1. The van der Waals surface area contributed by atoms with Gasteiger partial charge in [-0.05, 0) is 24.6 Å². The molecule has 6 heteroatoms. The number of aryl methyl sites for hydroxylation is 1. The Labute approximate surface area is 121 Å². The van der Waals surface area contributed by atoms with Crippen molar-refractivity contribution in [3.05, 3.63) is 35.9 Å². The van der Waals surface area contributed by atoms with E-state index in [1.807, 2.05) is 6.92 Å². The van der Waals surface area contributed by atoms with E-state index in [1.54, 1.807) is 25.1 Å². The molecule has 3 aromatic rings. The number of amides is 1. The second kappa shape index (κ2) is 5.40. The first-order chi connectivity index (χ1) is 10.2. The highest BCUT2D eigenvalue weighted by Crippen LogP contribution is 2.28. The lowest BCUT2D eigenvalue weighted by Crippen LogP contribution is -2.23. The van der Waals surface area contributed by atoms with Crippen LogP contribution in [0.15, 0.2) is 33.4 Å². The fraction of sp³-hybridized carbons (Fsp3) is 0.267. The Morgan fingerprint density at radius 3 is 2.95 bits per heavy atom. The fourth-order valence-electron chi connectivity index (χ4n) is 2.08. The third-order valence-corrected chi connectivity index (χ3v) is 3.13. The number of aromatic nitrogens is 2. The minimum absolute atomic E-state index is 0.109. The van der Waals surface area contributed by atoms with Crippen molar-refractivity contribution in [1.29, 1.82) is 0 Å². The van der Waals surface area contributed by atoms with E-state index in [2.05, 4.69) is 15.5 Å². The number of carbonyl (C=O) groups is 1. The summed E-state index contributed by atoms with van der Waals surface area (Å²) in [5.41, 5.74) is 2.35. The van der Waals surface area contributed by atoms with Crippen molar-refractivity contribution in [3.8, 4) is 11.4 Å². The van der Waals surface area contributed by atoms with Crippen LogP contribution in [-0.2, 0) is 0 Å². The van der Waals surface area contributed by atoms with Gasteiger partial charge in [-0.25, -0.2) is 4.98 Å². The SMILES string of the molecule is CCCNC(=O)c1ccc2onc(-c3coc(C)n3)c2c1. The van der Waals surface area contributed by atoms with Crippen molar-refractivity contribution in [1.82, 2.24) is 15.5 Å². The molecule has 0 saturated carbocycles. The second-order valence-corrected chi connectivity index (χ2v) is 4.75. The van der Waals surface area contributed by atoms with Crippen molar-refractivity contribution in [3.63, 3.8) is 0 Å². The van der Waals surface area contributed by atoms with Crippen LogP contribution in [0.25, 0.3) is 22.4 Å². The molecule has 2 heterocycles. The van der Waals surface area contributed by atoms with Crippen LogP contribution in [0, 0.1) is 6.92 Å². The van der Waals surface area contributed by atoms with E-state index in [-0.39, 0.29) is 5.91 Å². The van der Waals surface area contributed by atoms with Gasteiger partial charge in [0.2, 0.25) is 0 Å². The lowest BCUT2D eigenvalue weighted by atomic mass is 10.1.